The first-order valence-electron chi connectivity index (χ1n) is 5.94. The third-order valence-electron chi connectivity index (χ3n) is 3.28. The summed E-state index contributed by atoms with van der Waals surface area (Å²) in [6.07, 6.45) is 2.34. The molecule has 1 aliphatic heterocycles. The van der Waals surface area contributed by atoms with Crippen molar-refractivity contribution in [1.29, 1.82) is 0 Å². The minimum Gasteiger partial charge on any atom is -0.374 e. The van der Waals surface area contributed by atoms with Crippen molar-refractivity contribution >= 4 is 0 Å². The molecule has 0 aromatic carbocycles. The largest absolute Gasteiger partial charge is 0.374 e. The third kappa shape index (κ3) is 4.09. The zero-order chi connectivity index (χ0) is 11.5. The van der Waals surface area contributed by atoms with Gasteiger partial charge in [0.15, 0.2) is 0 Å². The van der Waals surface area contributed by atoms with Crippen LogP contribution in [0.25, 0.3) is 0 Å². The van der Waals surface area contributed by atoms with Crippen molar-refractivity contribution in [3.63, 3.8) is 0 Å². The van der Waals surface area contributed by atoms with Crippen LogP contribution in [-0.2, 0) is 4.74 Å². The van der Waals surface area contributed by atoms with Crippen LogP contribution < -0.4 is 11.1 Å². The SMILES string of the molecule is CC1(CNCC(N)C(C)(C)C)CCCO1. The Morgan fingerprint density at radius 2 is 2.13 bits per heavy atom. The number of ether oxygens (including phenoxy) is 1. The molecule has 1 rings (SSSR count). The molecule has 0 saturated carbocycles. The lowest BCUT2D eigenvalue weighted by atomic mass is 9.87. The average molecular weight is 214 g/mol. The van der Waals surface area contributed by atoms with Crippen LogP contribution in [0.5, 0.6) is 0 Å². The van der Waals surface area contributed by atoms with Crippen molar-refractivity contribution in [2.75, 3.05) is 19.7 Å². The van der Waals surface area contributed by atoms with Gasteiger partial charge in [-0.15, -0.1) is 0 Å². The molecule has 0 aliphatic carbocycles. The lowest BCUT2D eigenvalue weighted by Gasteiger charge is -2.29. The van der Waals surface area contributed by atoms with Crippen molar-refractivity contribution in [1.82, 2.24) is 5.32 Å². The van der Waals surface area contributed by atoms with E-state index in [0.717, 1.165) is 26.1 Å². The number of hydrogen-bond acceptors (Lipinski definition) is 3. The lowest BCUT2D eigenvalue weighted by molar-refractivity contribution is 0.0202. The Morgan fingerprint density at radius 1 is 1.47 bits per heavy atom. The van der Waals surface area contributed by atoms with E-state index in [9.17, 15) is 0 Å². The van der Waals surface area contributed by atoms with Gasteiger partial charge >= 0.3 is 0 Å². The van der Waals surface area contributed by atoms with Gasteiger partial charge in [-0.1, -0.05) is 20.8 Å². The molecular weight excluding hydrogens is 188 g/mol. The predicted molar refractivity (Wildman–Crippen MR) is 63.9 cm³/mol. The fraction of sp³-hybridized carbons (Fsp3) is 1.00. The van der Waals surface area contributed by atoms with Gasteiger partial charge in [0.2, 0.25) is 0 Å². The third-order valence-corrected chi connectivity index (χ3v) is 3.28. The van der Waals surface area contributed by atoms with Gasteiger partial charge in [-0.25, -0.2) is 0 Å². The van der Waals surface area contributed by atoms with E-state index >= 15 is 0 Å². The van der Waals surface area contributed by atoms with Crippen LogP contribution in [0.1, 0.15) is 40.5 Å². The van der Waals surface area contributed by atoms with E-state index in [2.05, 4.69) is 33.0 Å². The van der Waals surface area contributed by atoms with Crippen molar-refractivity contribution < 1.29 is 4.74 Å². The van der Waals surface area contributed by atoms with Gasteiger partial charge < -0.3 is 15.8 Å². The van der Waals surface area contributed by atoms with Crippen molar-refractivity contribution in [3.05, 3.63) is 0 Å². The average Bonchev–Trinajstić information content (AvgIpc) is 2.50. The second kappa shape index (κ2) is 4.81. The smallest absolute Gasteiger partial charge is 0.0779 e. The minimum atomic E-state index is 0.0393. The highest BCUT2D eigenvalue weighted by Gasteiger charge is 2.29. The molecular formula is C12H26N2O. The summed E-state index contributed by atoms with van der Waals surface area (Å²) in [6, 6.07) is 0.197. The molecule has 1 fully saturated rings. The highest BCUT2D eigenvalue weighted by atomic mass is 16.5. The number of rotatable bonds is 4. The van der Waals surface area contributed by atoms with Crippen LogP contribution in [0, 0.1) is 5.41 Å². The summed E-state index contributed by atoms with van der Waals surface area (Å²) in [5.74, 6) is 0. The van der Waals surface area contributed by atoms with Crippen molar-refractivity contribution in [2.45, 2.75) is 52.2 Å². The second-order valence-electron chi connectivity index (χ2n) is 6.01. The molecule has 1 saturated heterocycles. The van der Waals surface area contributed by atoms with Crippen molar-refractivity contribution in [3.8, 4) is 0 Å². The predicted octanol–water partition coefficient (Wildman–Crippen LogP) is 1.52. The first-order valence-corrected chi connectivity index (χ1v) is 5.94. The van der Waals surface area contributed by atoms with E-state index in [1.54, 1.807) is 0 Å². The number of nitrogens with one attached hydrogen (secondary N) is 1. The quantitative estimate of drug-likeness (QED) is 0.746. The normalized spacial score (nSPS) is 29.4. The van der Waals surface area contributed by atoms with Crippen LogP contribution in [0.15, 0.2) is 0 Å². The lowest BCUT2D eigenvalue weighted by Crippen LogP contribution is -2.47. The molecule has 1 aliphatic rings. The van der Waals surface area contributed by atoms with Gasteiger partial charge in [0.25, 0.3) is 0 Å². The summed E-state index contributed by atoms with van der Waals surface area (Å²) in [5.41, 5.74) is 6.29. The zero-order valence-electron chi connectivity index (χ0n) is 10.6. The maximum Gasteiger partial charge on any atom is 0.0779 e. The molecule has 1 heterocycles. The van der Waals surface area contributed by atoms with E-state index in [0.29, 0.717) is 0 Å². The fourth-order valence-corrected chi connectivity index (χ4v) is 1.77. The summed E-state index contributed by atoms with van der Waals surface area (Å²) < 4.78 is 5.70. The van der Waals surface area contributed by atoms with E-state index < -0.39 is 0 Å². The highest BCUT2D eigenvalue weighted by molar-refractivity contribution is 4.85. The molecule has 2 unspecified atom stereocenters. The number of hydrogen-bond donors (Lipinski definition) is 2. The topological polar surface area (TPSA) is 47.3 Å². The molecule has 2 atom stereocenters. The van der Waals surface area contributed by atoms with E-state index in [1.165, 1.54) is 6.42 Å². The molecule has 3 N–H and O–H groups in total. The van der Waals surface area contributed by atoms with Gasteiger partial charge in [0.1, 0.15) is 0 Å². The van der Waals surface area contributed by atoms with Gasteiger partial charge in [-0.2, -0.15) is 0 Å². The molecule has 3 heteroatoms. The van der Waals surface area contributed by atoms with Crippen LogP contribution in [0.3, 0.4) is 0 Å². The van der Waals surface area contributed by atoms with E-state index in [4.69, 9.17) is 10.5 Å². The van der Waals surface area contributed by atoms with Gasteiger partial charge in [-0.3, -0.25) is 0 Å². The molecule has 3 nitrogen and oxygen atoms in total. The first-order chi connectivity index (χ1) is 6.83. The Hall–Kier alpha value is -0.120. The second-order valence-corrected chi connectivity index (χ2v) is 6.01. The zero-order valence-corrected chi connectivity index (χ0v) is 10.6. The first kappa shape index (κ1) is 12.9. The molecule has 90 valence electrons. The van der Waals surface area contributed by atoms with Crippen LogP contribution in [0.2, 0.25) is 0 Å². The molecule has 0 spiro atoms. The van der Waals surface area contributed by atoms with Crippen LogP contribution in [0.4, 0.5) is 0 Å². The van der Waals surface area contributed by atoms with Gasteiger partial charge in [0.05, 0.1) is 5.60 Å². The molecule has 0 aromatic rings. The molecule has 0 radical (unpaired) electrons. The molecule has 0 amide bonds. The van der Waals surface area contributed by atoms with Crippen LogP contribution >= 0.6 is 0 Å². The Morgan fingerprint density at radius 3 is 2.60 bits per heavy atom. The Bertz CT molecular complexity index is 192. The molecule has 15 heavy (non-hydrogen) atoms. The summed E-state index contributed by atoms with van der Waals surface area (Å²) in [4.78, 5) is 0. The van der Waals surface area contributed by atoms with Gasteiger partial charge in [0, 0.05) is 25.7 Å². The maximum atomic E-state index is 6.08. The van der Waals surface area contributed by atoms with Crippen LogP contribution in [-0.4, -0.2) is 31.3 Å². The van der Waals surface area contributed by atoms with E-state index in [-0.39, 0.29) is 17.1 Å². The van der Waals surface area contributed by atoms with E-state index in [1.807, 2.05) is 0 Å². The fourth-order valence-electron chi connectivity index (χ4n) is 1.77. The minimum absolute atomic E-state index is 0.0393. The summed E-state index contributed by atoms with van der Waals surface area (Å²) >= 11 is 0. The molecule has 0 aromatic heterocycles. The number of nitrogens with two attached hydrogens (primary N) is 1. The standard InChI is InChI=1S/C12H26N2O/c1-11(2,3)10(13)8-14-9-12(4)6-5-7-15-12/h10,14H,5-9,13H2,1-4H3. The van der Waals surface area contributed by atoms with Crippen molar-refractivity contribution in [2.24, 2.45) is 11.1 Å². The summed E-state index contributed by atoms with van der Waals surface area (Å²) in [5, 5.41) is 3.42. The Kier molecular flexibility index (Phi) is 4.15. The maximum absolute atomic E-state index is 6.08. The summed E-state index contributed by atoms with van der Waals surface area (Å²) in [6.45, 7) is 11.4. The monoisotopic (exact) mass is 214 g/mol. The molecule has 0 bridgehead atoms. The Labute approximate surface area is 93.8 Å². The Balaban J connectivity index is 2.21. The highest BCUT2D eigenvalue weighted by Crippen LogP contribution is 2.24. The van der Waals surface area contributed by atoms with Gasteiger partial charge in [-0.05, 0) is 25.2 Å². The summed E-state index contributed by atoms with van der Waals surface area (Å²) in [7, 11) is 0.